The van der Waals surface area contributed by atoms with Crippen LogP contribution in [-0.2, 0) is 9.53 Å². The van der Waals surface area contributed by atoms with Crippen molar-refractivity contribution in [1.82, 2.24) is 5.32 Å². The lowest BCUT2D eigenvalue weighted by molar-refractivity contribution is -0.141. The Morgan fingerprint density at radius 3 is 2.59 bits per heavy atom. The van der Waals surface area contributed by atoms with Gasteiger partial charge in [-0.3, -0.25) is 4.79 Å². The number of carboxylic acids is 1. The maximum atomic E-state index is 11.6. The van der Waals surface area contributed by atoms with Gasteiger partial charge in [-0.15, -0.1) is 0 Å². The van der Waals surface area contributed by atoms with Crippen LogP contribution in [0.3, 0.4) is 0 Å². The van der Waals surface area contributed by atoms with Gasteiger partial charge in [0.25, 0.3) is 0 Å². The first-order valence-electron chi connectivity index (χ1n) is 5.59. The summed E-state index contributed by atoms with van der Waals surface area (Å²) in [6.07, 6.45) is 0.126. The van der Waals surface area contributed by atoms with Gasteiger partial charge in [0.15, 0.2) is 0 Å². The van der Waals surface area contributed by atoms with Crippen LogP contribution >= 0.6 is 11.8 Å². The Balaban J connectivity index is 2.53. The van der Waals surface area contributed by atoms with Gasteiger partial charge in [0.05, 0.1) is 5.92 Å². The molecule has 2 N–H and O–H groups in total. The van der Waals surface area contributed by atoms with E-state index in [1.807, 2.05) is 0 Å². The van der Waals surface area contributed by atoms with Crippen LogP contribution in [0.2, 0.25) is 0 Å². The zero-order chi connectivity index (χ0) is 13.1. The predicted molar refractivity (Wildman–Crippen MR) is 66.2 cm³/mol. The molecule has 0 aromatic rings. The van der Waals surface area contributed by atoms with Gasteiger partial charge in [-0.05, 0) is 32.9 Å². The number of thioether (sulfide) groups is 1. The van der Waals surface area contributed by atoms with Gasteiger partial charge in [0.1, 0.15) is 5.60 Å². The molecular weight excluding hydrogens is 242 g/mol. The van der Waals surface area contributed by atoms with Crippen molar-refractivity contribution in [2.75, 3.05) is 11.5 Å². The van der Waals surface area contributed by atoms with Gasteiger partial charge < -0.3 is 15.2 Å². The normalized spacial score (nSPS) is 25.1. The molecule has 5 nitrogen and oxygen atoms in total. The van der Waals surface area contributed by atoms with Gasteiger partial charge in [-0.25, -0.2) is 4.79 Å². The molecule has 17 heavy (non-hydrogen) atoms. The molecular formula is C11H19NO4S. The number of carboxylic acid groups (broad SMARTS) is 1. The third-order valence-corrected chi connectivity index (χ3v) is 3.49. The molecule has 98 valence electrons. The molecule has 1 rings (SSSR count). The standard InChI is InChI=1S/C11H19NO4S/c1-11(2,3)16-10(15)12-8-4-5-17-6-7(8)9(13)14/h7-8H,4-6H2,1-3H3,(H,12,15)(H,13,14). The van der Waals surface area contributed by atoms with Gasteiger partial charge in [-0.2, -0.15) is 11.8 Å². The molecule has 1 saturated heterocycles. The van der Waals surface area contributed by atoms with Crippen molar-refractivity contribution in [3.8, 4) is 0 Å². The van der Waals surface area contributed by atoms with Crippen molar-refractivity contribution in [2.45, 2.75) is 38.8 Å². The van der Waals surface area contributed by atoms with E-state index < -0.39 is 23.6 Å². The number of carbonyl (C=O) groups is 2. The Labute approximate surface area is 105 Å². The second kappa shape index (κ2) is 5.62. The fourth-order valence-electron chi connectivity index (χ4n) is 1.61. The second-order valence-corrected chi connectivity index (χ2v) is 6.21. The van der Waals surface area contributed by atoms with Crippen LogP contribution in [0.4, 0.5) is 4.79 Å². The van der Waals surface area contributed by atoms with Crippen molar-refractivity contribution >= 4 is 23.8 Å². The maximum absolute atomic E-state index is 11.6. The van der Waals surface area contributed by atoms with Crippen molar-refractivity contribution in [1.29, 1.82) is 0 Å². The molecule has 0 spiro atoms. The topological polar surface area (TPSA) is 75.6 Å². The molecule has 2 atom stereocenters. The van der Waals surface area contributed by atoms with Crippen LogP contribution in [-0.4, -0.2) is 40.3 Å². The summed E-state index contributed by atoms with van der Waals surface area (Å²) in [5, 5.41) is 11.7. The number of alkyl carbamates (subject to hydrolysis) is 1. The molecule has 0 aliphatic carbocycles. The van der Waals surface area contributed by atoms with Crippen molar-refractivity contribution in [3.05, 3.63) is 0 Å². The lowest BCUT2D eigenvalue weighted by Gasteiger charge is -2.30. The monoisotopic (exact) mass is 261 g/mol. The second-order valence-electron chi connectivity index (χ2n) is 5.06. The van der Waals surface area contributed by atoms with Gasteiger partial charge in [-0.1, -0.05) is 0 Å². The zero-order valence-electron chi connectivity index (χ0n) is 10.4. The van der Waals surface area contributed by atoms with Gasteiger partial charge in [0, 0.05) is 11.8 Å². The van der Waals surface area contributed by atoms with Crippen LogP contribution in [0.15, 0.2) is 0 Å². The molecule has 2 unspecified atom stereocenters. The molecule has 1 amide bonds. The van der Waals surface area contributed by atoms with Crippen molar-refractivity contribution in [2.24, 2.45) is 5.92 Å². The smallest absolute Gasteiger partial charge is 0.407 e. The first kappa shape index (κ1) is 14.2. The molecule has 0 bridgehead atoms. The highest BCUT2D eigenvalue weighted by Crippen LogP contribution is 2.23. The lowest BCUT2D eigenvalue weighted by atomic mass is 9.99. The number of amides is 1. The van der Waals surface area contributed by atoms with Crippen molar-refractivity contribution in [3.63, 3.8) is 0 Å². The largest absolute Gasteiger partial charge is 0.481 e. The fraction of sp³-hybridized carbons (Fsp3) is 0.818. The average molecular weight is 261 g/mol. The number of nitrogens with one attached hydrogen (secondary N) is 1. The van der Waals surface area contributed by atoms with E-state index in [-0.39, 0.29) is 6.04 Å². The molecule has 0 aromatic carbocycles. The molecule has 1 aliphatic heterocycles. The third kappa shape index (κ3) is 4.85. The minimum atomic E-state index is -0.863. The third-order valence-electron chi connectivity index (χ3n) is 2.38. The van der Waals surface area contributed by atoms with E-state index in [0.29, 0.717) is 12.2 Å². The van der Waals surface area contributed by atoms with E-state index >= 15 is 0 Å². The highest BCUT2D eigenvalue weighted by atomic mass is 32.2. The highest BCUT2D eigenvalue weighted by molar-refractivity contribution is 7.99. The molecule has 1 aliphatic rings. The Kier molecular flexibility index (Phi) is 4.68. The molecule has 0 aromatic heterocycles. The summed E-state index contributed by atoms with van der Waals surface area (Å²) in [5.41, 5.74) is -0.563. The number of hydrogen-bond donors (Lipinski definition) is 2. The summed E-state index contributed by atoms with van der Waals surface area (Å²) in [4.78, 5) is 22.6. The van der Waals surface area contributed by atoms with Gasteiger partial charge in [0.2, 0.25) is 0 Å². The highest BCUT2D eigenvalue weighted by Gasteiger charge is 2.33. The summed E-state index contributed by atoms with van der Waals surface area (Å²) < 4.78 is 5.12. The molecule has 0 radical (unpaired) electrons. The fourth-order valence-corrected chi connectivity index (χ4v) is 2.83. The number of rotatable bonds is 2. The van der Waals surface area contributed by atoms with Crippen LogP contribution in [0.25, 0.3) is 0 Å². The van der Waals surface area contributed by atoms with Gasteiger partial charge >= 0.3 is 12.1 Å². The lowest BCUT2D eigenvalue weighted by Crippen LogP contribution is -2.48. The summed E-state index contributed by atoms with van der Waals surface area (Å²) in [6.45, 7) is 5.33. The van der Waals surface area contributed by atoms with Crippen LogP contribution in [0, 0.1) is 5.92 Å². The summed E-state index contributed by atoms with van der Waals surface area (Å²) in [7, 11) is 0. The van der Waals surface area contributed by atoms with Crippen molar-refractivity contribution < 1.29 is 19.4 Å². The van der Waals surface area contributed by atoms with E-state index in [9.17, 15) is 9.59 Å². The molecule has 1 heterocycles. The maximum Gasteiger partial charge on any atom is 0.407 e. The first-order valence-corrected chi connectivity index (χ1v) is 6.75. The minimum Gasteiger partial charge on any atom is -0.481 e. The summed E-state index contributed by atoms with van der Waals surface area (Å²) in [5.74, 6) is 0.0135. The number of ether oxygens (including phenoxy) is 1. The Hall–Kier alpha value is -0.910. The zero-order valence-corrected chi connectivity index (χ0v) is 11.2. The minimum absolute atomic E-state index is 0.330. The van der Waals surface area contributed by atoms with E-state index in [4.69, 9.17) is 9.84 Å². The molecule has 6 heteroatoms. The Morgan fingerprint density at radius 2 is 2.06 bits per heavy atom. The van der Waals surface area contributed by atoms with E-state index in [0.717, 1.165) is 5.75 Å². The van der Waals surface area contributed by atoms with Crippen LogP contribution in [0.5, 0.6) is 0 Å². The predicted octanol–water partition coefficient (Wildman–Crippen LogP) is 1.72. The molecule has 0 saturated carbocycles. The molecule has 1 fully saturated rings. The Morgan fingerprint density at radius 1 is 1.41 bits per heavy atom. The van der Waals surface area contributed by atoms with Crippen LogP contribution < -0.4 is 5.32 Å². The summed E-state index contributed by atoms with van der Waals surface area (Å²) in [6, 6.07) is -0.330. The van der Waals surface area contributed by atoms with E-state index in [1.165, 1.54) is 0 Å². The van der Waals surface area contributed by atoms with E-state index in [1.54, 1.807) is 32.5 Å². The van der Waals surface area contributed by atoms with E-state index in [2.05, 4.69) is 5.32 Å². The first-order chi connectivity index (χ1) is 7.79. The number of aliphatic carboxylic acids is 1. The summed E-state index contributed by atoms with van der Waals surface area (Å²) >= 11 is 1.60. The quantitative estimate of drug-likeness (QED) is 0.791. The number of hydrogen-bond acceptors (Lipinski definition) is 4. The average Bonchev–Trinajstić information content (AvgIpc) is 2.14. The Bertz CT molecular complexity index is 300. The van der Waals surface area contributed by atoms with Crippen LogP contribution in [0.1, 0.15) is 27.2 Å². The number of carbonyl (C=O) groups excluding carboxylic acids is 1. The SMILES string of the molecule is CC(C)(C)OC(=O)NC1CCSCC1C(=O)O.